The first-order valence-electron chi connectivity index (χ1n) is 7.13. The monoisotopic (exact) mass is 293 g/mol. The number of carboxylic acid groups (broad SMARTS) is 1. The Balaban J connectivity index is 2.13. The fraction of sp³-hybridized carbons (Fsp3) is 0.571. The van der Waals surface area contributed by atoms with Crippen LogP contribution in [0, 0.1) is 5.92 Å². The van der Waals surface area contributed by atoms with Gasteiger partial charge in [0.1, 0.15) is 5.69 Å². The highest BCUT2D eigenvalue weighted by atomic mass is 16.4. The largest absolute Gasteiger partial charge is 0.481 e. The molecule has 1 N–H and O–H groups in total. The number of hydrogen-bond acceptors (Lipinski definition) is 4. The minimum absolute atomic E-state index is 0.191. The van der Waals surface area contributed by atoms with Gasteiger partial charge in [-0.2, -0.15) is 5.10 Å². The molecular weight excluding hydrogens is 274 g/mol. The summed E-state index contributed by atoms with van der Waals surface area (Å²) in [5, 5.41) is 13.1. The maximum absolute atomic E-state index is 12.3. The lowest BCUT2D eigenvalue weighted by atomic mass is 10.1. The van der Waals surface area contributed by atoms with Gasteiger partial charge < -0.3 is 10.0 Å². The maximum atomic E-state index is 12.3. The van der Waals surface area contributed by atoms with Crippen molar-refractivity contribution in [1.82, 2.24) is 14.7 Å². The fourth-order valence-electron chi connectivity index (χ4n) is 2.34. The molecule has 1 aromatic heterocycles. The van der Waals surface area contributed by atoms with Crippen molar-refractivity contribution in [3.8, 4) is 0 Å². The standard InChI is InChI=1S/C14H19N3O4/c1-2-3-7-17-12(18)5-4-11(15-17)13(19)16-8-6-10(9-16)14(20)21/h4-5,10H,2-3,6-9H2,1H3,(H,20,21)/t10-/m0/s1. The number of likely N-dealkylation sites (tertiary alicyclic amines) is 1. The van der Waals surface area contributed by atoms with Crippen LogP contribution in [0.2, 0.25) is 0 Å². The van der Waals surface area contributed by atoms with E-state index in [1.165, 1.54) is 21.7 Å². The minimum atomic E-state index is -0.883. The lowest BCUT2D eigenvalue weighted by molar-refractivity contribution is -0.141. The van der Waals surface area contributed by atoms with E-state index in [-0.39, 0.29) is 23.7 Å². The van der Waals surface area contributed by atoms with Crippen molar-refractivity contribution in [1.29, 1.82) is 0 Å². The van der Waals surface area contributed by atoms with E-state index in [4.69, 9.17) is 5.11 Å². The molecule has 1 amide bonds. The van der Waals surface area contributed by atoms with E-state index < -0.39 is 11.9 Å². The zero-order valence-electron chi connectivity index (χ0n) is 12.0. The van der Waals surface area contributed by atoms with E-state index in [1.54, 1.807) is 0 Å². The minimum Gasteiger partial charge on any atom is -0.481 e. The summed E-state index contributed by atoms with van der Waals surface area (Å²) in [7, 11) is 0. The van der Waals surface area contributed by atoms with Crippen LogP contribution in [0.1, 0.15) is 36.7 Å². The summed E-state index contributed by atoms with van der Waals surface area (Å²) in [6.45, 7) is 3.10. The predicted octanol–water partition coefficient (Wildman–Crippen LogP) is 0.590. The first kappa shape index (κ1) is 15.2. The van der Waals surface area contributed by atoms with E-state index in [2.05, 4.69) is 5.10 Å². The van der Waals surface area contributed by atoms with Crippen LogP contribution >= 0.6 is 0 Å². The summed E-state index contributed by atoms with van der Waals surface area (Å²) in [5.41, 5.74) is -0.0402. The number of amides is 1. The van der Waals surface area contributed by atoms with Gasteiger partial charge in [0.05, 0.1) is 5.92 Å². The van der Waals surface area contributed by atoms with Crippen LogP contribution in [0.3, 0.4) is 0 Å². The highest BCUT2D eigenvalue weighted by molar-refractivity contribution is 5.92. The molecule has 0 radical (unpaired) electrons. The quantitative estimate of drug-likeness (QED) is 0.857. The van der Waals surface area contributed by atoms with Crippen LogP contribution in [0.5, 0.6) is 0 Å². The molecule has 1 atom stereocenters. The number of aryl methyl sites for hydroxylation is 1. The molecule has 114 valence electrons. The molecule has 0 aliphatic carbocycles. The molecule has 2 rings (SSSR count). The molecule has 0 spiro atoms. The number of hydrogen-bond donors (Lipinski definition) is 1. The summed E-state index contributed by atoms with van der Waals surface area (Å²) in [6.07, 6.45) is 2.20. The van der Waals surface area contributed by atoms with Gasteiger partial charge in [0.15, 0.2) is 0 Å². The SMILES string of the molecule is CCCCn1nc(C(=O)N2CC[C@H](C(=O)O)C2)ccc1=O. The molecule has 0 unspecified atom stereocenters. The Labute approximate surface area is 122 Å². The second kappa shape index (κ2) is 6.51. The van der Waals surface area contributed by atoms with Gasteiger partial charge in [-0.15, -0.1) is 0 Å². The fourth-order valence-corrected chi connectivity index (χ4v) is 2.34. The lowest BCUT2D eigenvalue weighted by Gasteiger charge is -2.15. The molecule has 2 heterocycles. The number of aromatic nitrogens is 2. The normalized spacial score (nSPS) is 18.0. The van der Waals surface area contributed by atoms with Crippen LogP contribution in [0.25, 0.3) is 0 Å². The van der Waals surface area contributed by atoms with Crippen molar-refractivity contribution in [2.24, 2.45) is 5.92 Å². The Bertz CT molecular complexity index is 596. The second-order valence-corrected chi connectivity index (χ2v) is 5.21. The van der Waals surface area contributed by atoms with Gasteiger partial charge in [0.25, 0.3) is 11.5 Å². The molecular formula is C14H19N3O4. The van der Waals surface area contributed by atoms with Crippen molar-refractivity contribution in [2.75, 3.05) is 13.1 Å². The van der Waals surface area contributed by atoms with Gasteiger partial charge in [-0.25, -0.2) is 4.68 Å². The molecule has 1 aromatic rings. The van der Waals surface area contributed by atoms with Crippen LogP contribution in [0.4, 0.5) is 0 Å². The van der Waals surface area contributed by atoms with E-state index in [1.807, 2.05) is 6.92 Å². The smallest absolute Gasteiger partial charge is 0.308 e. The number of carboxylic acids is 1. The van der Waals surface area contributed by atoms with Crippen LogP contribution in [-0.4, -0.2) is 44.8 Å². The summed E-state index contributed by atoms with van der Waals surface area (Å²) in [5.74, 6) is -1.71. The molecule has 1 fully saturated rings. The Hall–Kier alpha value is -2.18. The first-order chi connectivity index (χ1) is 10.0. The Morgan fingerprint density at radius 1 is 1.43 bits per heavy atom. The zero-order valence-corrected chi connectivity index (χ0v) is 12.0. The summed E-state index contributed by atoms with van der Waals surface area (Å²) in [4.78, 5) is 36.4. The van der Waals surface area contributed by atoms with E-state index in [9.17, 15) is 14.4 Å². The highest BCUT2D eigenvalue weighted by Gasteiger charge is 2.31. The predicted molar refractivity (Wildman–Crippen MR) is 75.1 cm³/mol. The maximum Gasteiger partial charge on any atom is 0.308 e. The topological polar surface area (TPSA) is 92.5 Å². The van der Waals surface area contributed by atoms with Gasteiger partial charge in [-0.1, -0.05) is 13.3 Å². The summed E-state index contributed by atoms with van der Waals surface area (Å²) >= 11 is 0. The Morgan fingerprint density at radius 3 is 2.81 bits per heavy atom. The second-order valence-electron chi connectivity index (χ2n) is 5.21. The third-order valence-corrected chi connectivity index (χ3v) is 3.63. The third-order valence-electron chi connectivity index (χ3n) is 3.63. The van der Waals surface area contributed by atoms with Gasteiger partial charge in [0.2, 0.25) is 0 Å². The average Bonchev–Trinajstić information content (AvgIpc) is 2.95. The third kappa shape index (κ3) is 3.48. The van der Waals surface area contributed by atoms with Crippen molar-refractivity contribution in [3.05, 3.63) is 28.2 Å². The van der Waals surface area contributed by atoms with Crippen molar-refractivity contribution >= 4 is 11.9 Å². The molecule has 0 bridgehead atoms. The van der Waals surface area contributed by atoms with E-state index >= 15 is 0 Å². The number of carbonyl (C=O) groups excluding carboxylic acids is 1. The van der Waals surface area contributed by atoms with Gasteiger partial charge in [-0.05, 0) is 18.9 Å². The average molecular weight is 293 g/mol. The number of aliphatic carboxylic acids is 1. The van der Waals surface area contributed by atoms with Crippen LogP contribution in [0.15, 0.2) is 16.9 Å². The Morgan fingerprint density at radius 2 is 2.19 bits per heavy atom. The highest BCUT2D eigenvalue weighted by Crippen LogP contribution is 2.18. The number of unbranched alkanes of at least 4 members (excludes halogenated alkanes) is 1. The molecule has 0 saturated carbocycles. The van der Waals surface area contributed by atoms with Crippen molar-refractivity contribution in [2.45, 2.75) is 32.7 Å². The molecule has 1 saturated heterocycles. The number of nitrogens with zero attached hydrogens (tertiary/aromatic N) is 3. The van der Waals surface area contributed by atoms with Gasteiger partial charge in [0, 0.05) is 25.7 Å². The molecule has 1 aliphatic rings. The number of carbonyl (C=O) groups is 2. The molecule has 1 aliphatic heterocycles. The van der Waals surface area contributed by atoms with Crippen LogP contribution in [-0.2, 0) is 11.3 Å². The lowest BCUT2D eigenvalue weighted by Crippen LogP contribution is -2.33. The van der Waals surface area contributed by atoms with Crippen molar-refractivity contribution < 1.29 is 14.7 Å². The summed E-state index contributed by atoms with van der Waals surface area (Å²) in [6, 6.07) is 2.74. The van der Waals surface area contributed by atoms with Crippen molar-refractivity contribution in [3.63, 3.8) is 0 Å². The van der Waals surface area contributed by atoms with Gasteiger partial charge in [-0.3, -0.25) is 14.4 Å². The molecule has 7 nitrogen and oxygen atoms in total. The number of rotatable bonds is 5. The van der Waals surface area contributed by atoms with Gasteiger partial charge >= 0.3 is 5.97 Å². The van der Waals surface area contributed by atoms with E-state index in [0.717, 1.165) is 12.8 Å². The zero-order chi connectivity index (χ0) is 15.4. The molecule has 0 aromatic carbocycles. The Kier molecular flexibility index (Phi) is 4.72. The van der Waals surface area contributed by atoms with E-state index in [0.29, 0.717) is 19.5 Å². The molecule has 7 heteroatoms. The first-order valence-corrected chi connectivity index (χ1v) is 7.13. The molecule has 21 heavy (non-hydrogen) atoms. The summed E-state index contributed by atoms with van der Waals surface area (Å²) < 4.78 is 1.29. The van der Waals surface area contributed by atoms with Crippen LogP contribution < -0.4 is 5.56 Å².